The maximum Gasteiger partial charge on any atom is 0.131 e. The molecule has 118 valence electrons. The largest absolute Gasteiger partial charge is 0.497 e. The van der Waals surface area contributed by atoms with Gasteiger partial charge in [0.2, 0.25) is 0 Å². The zero-order chi connectivity index (χ0) is 15.2. The van der Waals surface area contributed by atoms with E-state index in [2.05, 4.69) is 24.1 Å². The van der Waals surface area contributed by atoms with E-state index >= 15 is 0 Å². The summed E-state index contributed by atoms with van der Waals surface area (Å²) >= 11 is 0. The van der Waals surface area contributed by atoms with E-state index in [0.29, 0.717) is 24.3 Å². The third-order valence-corrected chi connectivity index (χ3v) is 4.07. The number of hydrogen-bond acceptors (Lipinski definition) is 3. The van der Waals surface area contributed by atoms with Crippen molar-refractivity contribution in [2.24, 2.45) is 5.92 Å². The molecule has 1 unspecified atom stereocenters. The van der Waals surface area contributed by atoms with Gasteiger partial charge in [0.1, 0.15) is 11.6 Å². The van der Waals surface area contributed by atoms with Crippen molar-refractivity contribution < 1.29 is 9.13 Å². The lowest BCUT2D eigenvalue weighted by Gasteiger charge is -2.33. The SMILES string of the molecule is COc1ccc(CN2CCCC(CNC(C)C)C2)c(F)c1. The monoisotopic (exact) mass is 294 g/mol. The number of likely N-dealkylation sites (tertiary alicyclic amines) is 1. The summed E-state index contributed by atoms with van der Waals surface area (Å²) in [4.78, 5) is 2.36. The van der Waals surface area contributed by atoms with Crippen molar-refractivity contribution >= 4 is 0 Å². The molecule has 1 saturated heterocycles. The van der Waals surface area contributed by atoms with Gasteiger partial charge in [0, 0.05) is 30.8 Å². The number of nitrogens with zero attached hydrogens (tertiary/aromatic N) is 1. The maximum absolute atomic E-state index is 14.0. The first kappa shape index (κ1) is 16.2. The van der Waals surface area contributed by atoms with E-state index in [1.54, 1.807) is 7.11 Å². The molecule has 21 heavy (non-hydrogen) atoms. The van der Waals surface area contributed by atoms with Crippen LogP contribution in [-0.2, 0) is 6.54 Å². The normalized spacial score (nSPS) is 20.0. The molecule has 0 aliphatic carbocycles. The van der Waals surface area contributed by atoms with Crippen LogP contribution in [0.5, 0.6) is 5.75 Å². The highest BCUT2D eigenvalue weighted by molar-refractivity contribution is 5.28. The zero-order valence-electron chi connectivity index (χ0n) is 13.4. The summed E-state index contributed by atoms with van der Waals surface area (Å²) in [7, 11) is 1.56. The van der Waals surface area contributed by atoms with Crippen LogP contribution in [0.2, 0.25) is 0 Å². The molecule has 1 aromatic carbocycles. The topological polar surface area (TPSA) is 24.5 Å². The van der Waals surface area contributed by atoms with Crippen molar-refractivity contribution in [3.63, 3.8) is 0 Å². The Balaban J connectivity index is 1.90. The molecule has 4 heteroatoms. The number of benzene rings is 1. The van der Waals surface area contributed by atoms with Gasteiger partial charge in [-0.3, -0.25) is 4.90 Å². The number of hydrogen-bond donors (Lipinski definition) is 1. The quantitative estimate of drug-likeness (QED) is 0.873. The minimum absolute atomic E-state index is 0.170. The van der Waals surface area contributed by atoms with Gasteiger partial charge in [-0.1, -0.05) is 19.9 Å². The van der Waals surface area contributed by atoms with Crippen molar-refractivity contribution in [1.82, 2.24) is 10.2 Å². The lowest BCUT2D eigenvalue weighted by molar-refractivity contribution is 0.162. The smallest absolute Gasteiger partial charge is 0.131 e. The fourth-order valence-corrected chi connectivity index (χ4v) is 2.89. The Morgan fingerprint density at radius 2 is 2.24 bits per heavy atom. The molecule has 1 aromatic rings. The number of piperidine rings is 1. The molecule has 0 saturated carbocycles. The molecule has 0 radical (unpaired) electrons. The number of ether oxygens (including phenoxy) is 1. The highest BCUT2D eigenvalue weighted by Crippen LogP contribution is 2.21. The van der Waals surface area contributed by atoms with Gasteiger partial charge in [-0.2, -0.15) is 0 Å². The van der Waals surface area contributed by atoms with Crippen LogP contribution < -0.4 is 10.1 Å². The Kier molecular flexibility index (Phi) is 6.00. The Morgan fingerprint density at radius 3 is 2.90 bits per heavy atom. The second-order valence-electron chi connectivity index (χ2n) is 6.26. The molecule has 1 fully saturated rings. The molecule has 2 rings (SSSR count). The van der Waals surface area contributed by atoms with Crippen LogP contribution in [0.15, 0.2) is 18.2 Å². The second-order valence-corrected chi connectivity index (χ2v) is 6.26. The summed E-state index contributed by atoms with van der Waals surface area (Å²) in [5.41, 5.74) is 0.758. The lowest BCUT2D eigenvalue weighted by atomic mass is 9.97. The first-order valence-corrected chi connectivity index (χ1v) is 7.86. The standard InChI is InChI=1S/C17H27FN2O/c1-13(2)19-10-14-5-4-8-20(11-14)12-15-6-7-16(21-3)9-17(15)18/h6-7,9,13-14,19H,4-5,8,10-12H2,1-3H3. The van der Waals surface area contributed by atoms with E-state index in [1.165, 1.54) is 18.9 Å². The van der Waals surface area contributed by atoms with Gasteiger partial charge in [-0.25, -0.2) is 4.39 Å². The van der Waals surface area contributed by atoms with Crippen LogP contribution >= 0.6 is 0 Å². The highest BCUT2D eigenvalue weighted by atomic mass is 19.1. The summed E-state index contributed by atoms with van der Waals surface area (Å²) in [6.07, 6.45) is 2.46. The number of methoxy groups -OCH3 is 1. The molecule has 0 bridgehead atoms. The van der Waals surface area contributed by atoms with E-state index in [9.17, 15) is 4.39 Å². The van der Waals surface area contributed by atoms with Gasteiger partial charge in [0.15, 0.2) is 0 Å². The molecule has 3 nitrogen and oxygen atoms in total. The summed E-state index contributed by atoms with van der Waals surface area (Å²) in [6, 6.07) is 5.67. The van der Waals surface area contributed by atoms with Crippen LogP contribution in [0.25, 0.3) is 0 Å². The fourth-order valence-electron chi connectivity index (χ4n) is 2.89. The first-order chi connectivity index (χ1) is 10.1. The second kappa shape index (κ2) is 7.76. The van der Waals surface area contributed by atoms with E-state index < -0.39 is 0 Å². The van der Waals surface area contributed by atoms with Crippen LogP contribution in [0.4, 0.5) is 4.39 Å². The van der Waals surface area contributed by atoms with Gasteiger partial charge in [0.05, 0.1) is 7.11 Å². The highest BCUT2D eigenvalue weighted by Gasteiger charge is 2.20. The maximum atomic E-state index is 14.0. The molecule has 1 aliphatic rings. The summed E-state index contributed by atoms with van der Waals surface area (Å²) in [5.74, 6) is 1.08. The summed E-state index contributed by atoms with van der Waals surface area (Å²) < 4.78 is 19.1. The Labute approximate surface area is 127 Å². The fraction of sp³-hybridized carbons (Fsp3) is 0.647. The number of halogens is 1. The average Bonchev–Trinajstić information content (AvgIpc) is 2.47. The molecule has 1 N–H and O–H groups in total. The minimum atomic E-state index is -0.170. The van der Waals surface area contributed by atoms with E-state index in [4.69, 9.17) is 4.74 Å². The lowest BCUT2D eigenvalue weighted by Crippen LogP contribution is -2.40. The van der Waals surface area contributed by atoms with Crippen molar-refractivity contribution in [1.29, 1.82) is 0 Å². The summed E-state index contributed by atoms with van der Waals surface area (Å²) in [6.45, 7) is 8.20. The zero-order valence-corrected chi connectivity index (χ0v) is 13.4. The van der Waals surface area contributed by atoms with Crippen molar-refractivity contribution in [3.05, 3.63) is 29.6 Å². The molecule has 1 aliphatic heterocycles. The van der Waals surface area contributed by atoms with Gasteiger partial charge in [0.25, 0.3) is 0 Å². The first-order valence-electron chi connectivity index (χ1n) is 7.86. The average molecular weight is 294 g/mol. The molecule has 1 heterocycles. The molecule has 0 aromatic heterocycles. The van der Waals surface area contributed by atoms with E-state index in [1.807, 2.05) is 12.1 Å². The van der Waals surface area contributed by atoms with Crippen molar-refractivity contribution in [3.8, 4) is 5.75 Å². The Bertz CT molecular complexity index is 450. The Hall–Kier alpha value is -1.13. The van der Waals surface area contributed by atoms with Gasteiger partial charge >= 0.3 is 0 Å². The van der Waals surface area contributed by atoms with Gasteiger partial charge < -0.3 is 10.1 Å². The third-order valence-electron chi connectivity index (χ3n) is 4.07. The minimum Gasteiger partial charge on any atom is -0.497 e. The van der Waals surface area contributed by atoms with E-state index in [0.717, 1.165) is 25.2 Å². The van der Waals surface area contributed by atoms with Crippen LogP contribution in [0.3, 0.4) is 0 Å². The van der Waals surface area contributed by atoms with Gasteiger partial charge in [-0.05, 0) is 37.9 Å². The molecule has 1 atom stereocenters. The number of rotatable bonds is 6. The van der Waals surface area contributed by atoms with E-state index in [-0.39, 0.29) is 5.82 Å². The number of nitrogens with one attached hydrogen (secondary N) is 1. The molecule has 0 amide bonds. The van der Waals surface area contributed by atoms with Crippen molar-refractivity contribution in [2.75, 3.05) is 26.7 Å². The predicted octanol–water partition coefficient (Wildman–Crippen LogP) is 3.04. The summed E-state index contributed by atoms with van der Waals surface area (Å²) in [5, 5.41) is 3.51. The molecule has 0 spiro atoms. The predicted molar refractivity (Wildman–Crippen MR) is 84.1 cm³/mol. The molecular formula is C17H27FN2O. The Morgan fingerprint density at radius 1 is 1.43 bits per heavy atom. The van der Waals surface area contributed by atoms with Crippen LogP contribution in [0.1, 0.15) is 32.3 Å². The van der Waals surface area contributed by atoms with Crippen molar-refractivity contribution in [2.45, 2.75) is 39.3 Å². The van der Waals surface area contributed by atoms with Gasteiger partial charge in [-0.15, -0.1) is 0 Å². The van der Waals surface area contributed by atoms with Crippen LogP contribution in [0, 0.1) is 11.7 Å². The molecular weight excluding hydrogens is 267 g/mol. The third kappa shape index (κ3) is 4.97. The van der Waals surface area contributed by atoms with Crippen LogP contribution in [-0.4, -0.2) is 37.7 Å².